The van der Waals surface area contributed by atoms with Crippen molar-refractivity contribution in [3.05, 3.63) is 59.7 Å². The van der Waals surface area contributed by atoms with Crippen molar-refractivity contribution in [3.63, 3.8) is 0 Å². The standard InChI is InChI=1S/C17H18F3N3O2/c1-2-25-16(24)23(21)15-9-3-12(4-10-15)11-22-14-7-5-13(6-8-14)17(18,19)20/h3-10,22H,2,11,21H2,1H3. The van der Waals surface area contributed by atoms with Gasteiger partial charge in [0, 0.05) is 12.2 Å². The summed E-state index contributed by atoms with van der Waals surface area (Å²) in [6, 6.07) is 11.6. The molecule has 0 radical (unpaired) electrons. The van der Waals surface area contributed by atoms with Crippen LogP contribution < -0.4 is 16.2 Å². The van der Waals surface area contributed by atoms with Crippen LogP contribution in [0, 0.1) is 0 Å². The average Bonchev–Trinajstić information content (AvgIpc) is 2.59. The zero-order valence-corrected chi connectivity index (χ0v) is 13.5. The molecule has 0 saturated carbocycles. The SMILES string of the molecule is CCOC(=O)N(N)c1ccc(CNc2ccc(C(F)(F)F)cc2)cc1. The molecule has 0 bridgehead atoms. The van der Waals surface area contributed by atoms with E-state index in [1.165, 1.54) is 12.1 Å². The van der Waals surface area contributed by atoms with Crippen LogP contribution in [0.25, 0.3) is 0 Å². The summed E-state index contributed by atoms with van der Waals surface area (Å²) in [5.41, 5.74) is 1.23. The second kappa shape index (κ2) is 7.89. The number of alkyl halides is 3. The number of hydrogen-bond acceptors (Lipinski definition) is 4. The first-order valence-electron chi connectivity index (χ1n) is 7.53. The Balaban J connectivity index is 1.94. The number of nitrogens with two attached hydrogens (primary N) is 1. The maximum Gasteiger partial charge on any atom is 0.428 e. The van der Waals surface area contributed by atoms with Crippen LogP contribution >= 0.6 is 0 Å². The van der Waals surface area contributed by atoms with Crippen LogP contribution in [0.4, 0.5) is 29.3 Å². The number of rotatable bonds is 5. The van der Waals surface area contributed by atoms with E-state index in [1.54, 1.807) is 31.2 Å². The zero-order valence-electron chi connectivity index (χ0n) is 13.5. The number of hydrogen-bond donors (Lipinski definition) is 2. The minimum atomic E-state index is -4.35. The van der Waals surface area contributed by atoms with Gasteiger partial charge in [-0.2, -0.15) is 13.2 Å². The van der Waals surface area contributed by atoms with Crippen molar-refractivity contribution in [2.75, 3.05) is 16.9 Å². The minimum absolute atomic E-state index is 0.224. The van der Waals surface area contributed by atoms with Crippen molar-refractivity contribution < 1.29 is 22.7 Å². The van der Waals surface area contributed by atoms with Crippen LogP contribution in [0.15, 0.2) is 48.5 Å². The molecule has 5 nitrogen and oxygen atoms in total. The fraction of sp³-hybridized carbons (Fsp3) is 0.235. The number of carbonyl (C=O) groups excluding carboxylic acids is 1. The van der Waals surface area contributed by atoms with Crippen LogP contribution in [-0.4, -0.2) is 12.7 Å². The lowest BCUT2D eigenvalue weighted by Gasteiger charge is -2.16. The van der Waals surface area contributed by atoms with Crippen molar-refractivity contribution in [3.8, 4) is 0 Å². The first kappa shape index (κ1) is 18.6. The van der Waals surface area contributed by atoms with Crippen molar-refractivity contribution >= 4 is 17.5 Å². The van der Waals surface area contributed by atoms with Gasteiger partial charge in [0.2, 0.25) is 0 Å². The van der Waals surface area contributed by atoms with Gasteiger partial charge in [0.25, 0.3) is 0 Å². The number of nitrogens with zero attached hydrogens (tertiary/aromatic N) is 1. The Labute approximate surface area is 143 Å². The third-order valence-corrected chi connectivity index (χ3v) is 3.39. The summed E-state index contributed by atoms with van der Waals surface area (Å²) in [6.07, 6.45) is -5.00. The van der Waals surface area contributed by atoms with E-state index in [0.29, 0.717) is 17.9 Å². The minimum Gasteiger partial charge on any atom is -0.449 e. The van der Waals surface area contributed by atoms with Gasteiger partial charge in [-0.05, 0) is 48.9 Å². The summed E-state index contributed by atoms with van der Waals surface area (Å²) in [5.74, 6) is 5.64. The molecule has 0 saturated heterocycles. The summed E-state index contributed by atoms with van der Waals surface area (Å²) < 4.78 is 42.3. The van der Waals surface area contributed by atoms with E-state index in [2.05, 4.69) is 5.32 Å². The van der Waals surface area contributed by atoms with Gasteiger partial charge in [-0.3, -0.25) is 0 Å². The summed E-state index contributed by atoms with van der Waals surface area (Å²) in [6.45, 7) is 2.32. The Kier molecular flexibility index (Phi) is 5.87. The lowest BCUT2D eigenvalue weighted by molar-refractivity contribution is -0.137. The van der Waals surface area contributed by atoms with Crippen LogP contribution in [0.5, 0.6) is 0 Å². The summed E-state index contributed by atoms with van der Waals surface area (Å²) >= 11 is 0. The molecule has 0 unspecified atom stereocenters. The van der Waals surface area contributed by atoms with Gasteiger partial charge in [0.15, 0.2) is 0 Å². The van der Waals surface area contributed by atoms with Crippen LogP contribution in [0.3, 0.4) is 0 Å². The first-order valence-corrected chi connectivity index (χ1v) is 7.53. The van der Waals surface area contributed by atoms with Gasteiger partial charge in [-0.25, -0.2) is 15.6 Å². The number of amides is 1. The molecule has 0 heterocycles. The van der Waals surface area contributed by atoms with E-state index >= 15 is 0 Å². The Morgan fingerprint density at radius 1 is 1.12 bits per heavy atom. The molecule has 0 aliphatic heterocycles. The topological polar surface area (TPSA) is 67.6 Å². The van der Waals surface area contributed by atoms with Gasteiger partial charge < -0.3 is 10.1 Å². The number of halogens is 3. The molecular formula is C17H18F3N3O2. The number of anilines is 2. The smallest absolute Gasteiger partial charge is 0.428 e. The Morgan fingerprint density at radius 2 is 1.72 bits per heavy atom. The second-order valence-corrected chi connectivity index (χ2v) is 5.16. The lowest BCUT2D eigenvalue weighted by atomic mass is 10.1. The van der Waals surface area contributed by atoms with Gasteiger partial charge >= 0.3 is 12.3 Å². The molecule has 0 fully saturated rings. The van der Waals surface area contributed by atoms with E-state index in [9.17, 15) is 18.0 Å². The van der Waals surface area contributed by atoms with E-state index in [0.717, 1.165) is 22.7 Å². The molecule has 0 aromatic heterocycles. The van der Waals surface area contributed by atoms with Crippen LogP contribution in [-0.2, 0) is 17.5 Å². The first-order chi connectivity index (χ1) is 11.8. The van der Waals surface area contributed by atoms with Crippen molar-refractivity contribution in [2.45, 2.75) is 19.6 Å². The largest absolute Gasteiger partial charge is 0.449 e. The van der Waals surface area contributed by atoms with Gasteiger partial charge in [-0.15, -0.1) is 0 Å². The monoisotopic (exact) mass is 353 g/mol. The molecule has 25 heavy (non-hydrogen) atoms. The van der Waals surface area contributed by atoms with Crippen molar-refractivity contribution in [1.29, 1.82) is 0 Å². The summed E-state index contributed by atoms with van der Waals surface area (Å²) in [4.78, 5) is 11.5. The lowest BCUT2D eigenvalue weighted by Crippen LogP contribution is -2.37. The number of hydrazine groups is 1. The summed E-state index contributed by atoms with van der Waals surface area (Å²) in [5, 5.41) is 3.93. The summed E-state index contributed by atoms with van der Waals surface area (Å²) in [7, 11) is 0. The van der Waals surface area contributed by atoms with Crippen LogP contribution in [0.1, 0.15) is 18.1 Å². The van der Waals surface area contributed by atoms with Gasteiger partial charge in [-0.1, -0.05) is 12.1 Å². The molecule has 134 valence electrons. The zero-order chi connectivity index (χ0) is 18.4. The maximum absolute atomic E-state index is 12.5. The highest BCUT2D eigenvalue weighted by molar-refractivity contribution is 5.86. The number of nitrogens with one attached hydrogen (secondary N) is 1. The molecule has 2 rings (SSSR count). The van der Waals surface area contributed by atoms with Crippen LogP contribution in [0.2, 0.25) is 0 Å². The Morgan fingerprint density at radius 3 is 2.24 bits per heavy atom. The van der Waals surface area contributed by atoms with E-state index in [1.807, 2.05) is 0 Å². The molecule has 0 aliphatic rings. The number of carbonyl (C=O) groups is 1. The van der Waals surface area contributed by atoms with E-state index in [-0.39, 0.29) is 6.61 Å². The highest BCUT2D eigenvalue weighted by Gasteiger charge is 2.29. The fourth-order valence-corrected chi connectivity index (χ4v) is 2.05. The van der Waals surface area contributed by atoms with Crippen molar-refractivity contribution in [1.82, 2.24) is 0 Å². The molecule has 1 amide bonds. The quantitative estimate of drug-likeness (QED) is 0.481. The molecule has 2 aromatic rings. The highest BCUT2D eigenvalue weighted by Crippen LogP contribution is 2.29. The normalized spacial score (nSPS) is 11.1. The molecule has 3 N–H and O–H groups in total. The van der Waals surface area contributed by atoms with Crippen molar-refractivity contribution in [2.24, 2.45) is 5.84 Å². The third-order valence-electron chi connectivity index (χ3n) is 3.39. The maximum atomic E-state index is 12.5. The molecular weight excluding hydrogens is 335 g/mol. The Bertz CT molecular complexity index is 701. The fourth-order valence-electron chi connectivity index (χ4n) is 2.05. The molecule has 0 aliphatic carbocycles. The predicted octanol–water partition coefficient (Wildman–Crippen LogP) is 4.15. The predicted molar refractivity (Wildman–Crippen MR) is 88.9 cm³/mol. The average molecular weight is 353 g/mol. The third kappa shape index (κ3) is 5.12. The number of ether oxygens (including phenoxy) is 1. The Hall–Kier alpha value is -2.74. The van der Waals surface area contributed by atoms with Gasteiger partial charge in [0.05, 0.1) is 17.9 Å². The van der Waals surface area contributed by atoms with E-state index < -0.39 is 17.8 Å². The molecule has 0 atom stereocenters. The molecule has 2 aromatic carbocycles. The highest BCUT2D eigenvalue weighted by atomic mass is 19.4. The van der Waals surface area contributed by atoms with Gasteiger partial charge in [0.1, 0.15) is 0 Å². The molecule has 8 heteroatoms. The second-order valence-electron chi connectivity index (χ2n) is 5.16. The number of benzene rings is 2. The van der Waals surface area contributed by atoms with E-state index in [4.69, 9.17) is 10.6 Å². The molecule has 0 spiro atoms.